The fourth-order valence-corrected chi connectivity index (χ4v) is 5.88. The van der Waals surface area contributed by atoms with E-state index in [-0.39, 0.29) is 17.7 Å². The summed E-state index contributed by atoms with van der Waals surface area (Å²) in [5.74, 6) is 0.751. The summed E-state index contributed by atoms with van der Waals surface area (Å²) in [6.07, 6.45) is 6.79. The Hall–Kier alpha value is -1.38. The summed E-state index contributed by atoms with van der Waals surface area (Å²) in [7, 11) is -3.38. The minimum atomic E-state index is -3.38. The van der Waals surface area contributed by atoms with Gasteiger partial charge in [-0.15, -0.1) is 0 Å². The van der Waals surface area contributed by atoms with E-state index >= 15 is 0 Å². The van der Waals surface area contributed by atoms with Gasteiger partial charge in [-0.25, -0.2) is 8.42 Å². The minimum absolute atomic E-state index is 0.00394. The van der Waals surface area contributed by atoms with Gasteiger partial charge in [0.2, 0.25) is 15.9 Å². The quantitative estimate of drug-likeness (QED) is 0.727. The van der Waals surface area contributed by atoms with Crippen LogP contribution in [-0.4, -0.2) is 61.5 Å². The number of sulfonamides is 1. The highest BCUT2D eigenvalue weighted by Gasteiger charge is 2.36. The maximum absolute atomic E-state index is 12.9. The molecule has 0 bridgehead atoms. The van der Waals surface area contributed by atoms with Crippen molar-refractivity contribution in [3.05, 3.63) is 24.2 Å². The monoisotopic (exact) mass is 397 g/mol. The number of amides is 1. The zero-order valence-corrected chi connectivity index (χ0v) is 16.9. The Morgan fingerprint density at radius 3 is 2.67 bits per heavy atom. The van der Waals surface area contributed by atoms with E-state index in [4.69, 9.17) is 4.42 Å². The summed E-state index contributed by atoms with van der Waals surface area (Å²) >= 11 is 0. The SMILES string of the molecule is CCCS(=O)(=O)N1CCCCC1C(=O)NCC(c1ccco1)N1CCCC1. The number of nitrogens with one attached hydrogen (secondary N) is 1. The van der Waals surface area contributed by atoms with Gasteiger partial charge in [0, 0.05) is 13.1 Å². The maximum atomic E-state index is 12.9. The van der Waals surface area contributed by atoms with Crippen LogP contribution >= 0.6 is 0 Å². The van der Waals surface area contributed by atoms with Crippen molar-refractivity contribution >= 4 is 15.9 Å². The number of nitrogens with zero attached hydrogens (tertiary/aromatic N) is 2. The zero-order valence-electron chi connectivity index (χ0n) is 16.1. The number of furan rings is 1. The van der Waals surface area contributed by atoms with Gasteiger partial charge in [0.25, 0.3) is 0 Å². The molecule has 1 aromatic heterocycles. The predicted octanol–water partition coefficient (Wildman–Crippen LogP) is 2.13. The molecular formula is C19H31N3O4S. The predicted molar refractivity (Wildman–Crippen MR) is 104 cm³/mol. The third-order valence-corrected chi connectivity index (χ3v) is 7.57. The lowest BCUT2D eigenvalue weighted by Crippen LogP contribution is -2.53. The Bertz CT molecular complexity index is 699. The molecule has 27 heavy (non-hydrogen) atoms. The Morgan fingerprint density at radius 2 is 2.00 bits per heavy atom. The number of rotatable bonds is 8. The molecule has 1 aromatic rings. The van der Waals surface area contributed by atoms with E-state index in [1.54, 1.807) is 6.26 Å². The normalized spacial score (nSPS) is 23.4. The van der Waals surface area contributed by atoms with Crippen LogP contribution in [0, 0.1) is 0 Å². The molecule has 2 aliphatic rings. The number of hydrogen-bond acceptors (Lipinski definition) is 5. The molecule has 3 heterocycles. The van der Waals surface area contributed by atoms with E-state index < -0.39 is 16.1 Å². The highest BCUT2D eigenvalue weighted by Crippen LogP contribution is 2.26. The molecule has 8 heteroatoms. The van der Waals surface area contributed by atoms with Crippen molar-refractivity contribution in [3.8, 4) is 0 Å². The first-order valence-electron chi connectivity index (χ1n) is 10.1. The first-order chi connectivity index (χ1) is 13.0. The molecule has 152 valence electrons. The van der Waals surface area contributed by atoms with Crippen LogP contribution in [0.25, 0.3) is 0 Å². The molecular weight excluding hydrogens is 366 g/mol. The zero-order chi connectivity index (χ0) is 19.3. The van der Waals surface area contributed by atoms with Crippen LogP contribution in [0.4, 0.5) is 0 Å². The number of likely N-dealkylation sites (tertiary alicyclic amines) is 1. The summed E-state index contributed by atoms with van der Waals surface area (Å²) in [6, 6.07) is 3.20. The maximum Gasteiger partial charge on any atom is 0.238 e. The molecule has 1 amide bonds. The van der Waals surface area contributed by atoms with Crippen molar-refractivity contribution in [1.29, 1.82) is 0 Å². The van der Waals surface area contributed by atoms with Crippen LogP contribution < -0.4 is 5.32 Å². The lowest BCUT2D eigenvalue weighted by molar-refractivity contribution is -0.126. The van der Waals surface area contributed by atoms with Crippen molar-refractivity contribution in [3.63, 3.8) is 0 Å². The second-order valence-corrected chi connectivity index (χ2v) is 9.50. The van der Waals surface area contributed by atoms with E-state index in [0.29, 0.717) is 25.9 Å². The molecule has 2 fully saturated rings. The first-order valence-corrected chi connectivity index (χ1v) is 11.7. The van der Waals surface area contributed by atoms with Gasteiger partial charge in [0.05, 0.1) is 18.1 Å². The van der Waals surface area contributed by atoms with Gasteiger partial charge >= 0.3 is 0 Å². The smallest absolute Gasteiger partial charge is 0.238 e. The van der Waals surface area contributed by atoms with Crippen LogP contribution in [0.3, 0.4) is 0 Å². The molecule has 7 nitrogen and oxygen atoms in total. The van der Waals surface area contributed by atoms with Gasteiger partial charge in [0.1, 0.15) is 11.8 Å². The Morgan fingerprint density at radius 1 is 1.26 bits per heavy atom. The van der Waals surface area contributed by atoms with Gasteiger partial charge in [-0.3, -0.25) is 9.69 Å². The van der Waals surface area contributed by atoms with Crippen molar-refractivity contribution in [1.82, 2.24) is 14.5 Å². The standard InChI is InChI=1S/C19H31N3O4S/c1-2-14-27(24,25)22-12-4-3-8-16(22)19(23)20-15-17(18-9-7-13-26-18)21-10-5-6-11-21/h7,9,13,16-17H,2-6,8,10-12,14-15H2,1H3,(H,20,23). The van der Waals surface area contributed by atoms with Crippen LogP contribution in [-0.2, 0) is 14.8 Å². The summed E-state index contributed by atoms with van der Waals surface area (Å²) in [5, 5.41) is 3.02. The third-order valence-electron chi connectivity index (χ3n) is 5.50. The molecule has 2 saturated heterocycles. The summed E-state index contributed by atoms with van der Waals surface area (Å²) < 4.78 is 32.1. The van der Waals surface area contributed by atoms with Crippen molar-refractivity contribution in [2.24, 2.45) is 0 Å². The van der Waals surface area contributed by atoms with Gasteiger partial charge < -0.3 is 9.73 Å². The van der Waals surface area contributed by atoms with Gasteiger partial charge in [-0.1, -0.05) is 13.3 Å². The number of carbonyl (C=O) groups is 1. The number of carbonyl (C=O) groups excluding carboxylic acids is 1. The topological polar surface area (TPSA) is 82.9 Å². The van der Waals surface area contributed by atoms with Crippen LogP contribution in [0.2, 0.25) is 0 Å². The van der Waals surface area contributed by atoms with Crippen molar-refractivity contribution < 1.29 is 17.6 Å². The number of piperidine rings is 1. The summed E-state index contributed by atoms with van der Waals surface area (Å²) in [5.41, 5.74) is 0. The second kappa shape index (κ2) is 9.21. The largest absolute Gasteiger partial charge is 0.468 e. The average Bonchev–Trinajstić information content (AvgIpc) is 3.36. The van der Waals surface area contributed by atoms with E-state index in [1.807, 2.05) is 19.1 Å². The molecule has 2 atom stereocenters. The van der Waals surface area contributed by atoms with E-state index in [9.17, 15) is 13.2 Å². The molecule has 0 spiro atoms. The second-order valence-electron chi connectivity index (χ2n) is 7.46. The Kier molecular flexibility index (Phi) is 6.94. The van der Waals surface area contributed by atoms with E-state index in [0.717, 1.165) is 44.5 Å². The summed E-state index contributed by atoms with van der Waals surface area (Å²) in [4.78, 5) is 15.2. The van der Waals surface area contributed by atoms with Crippen LogP contribution in [0.5, 0.6) is 0 Å². The molecule has 0 radical (unpaired) electrons. The third kappa shape index (κ3) is 4.92. The van der Waals surface area contributed by atoms with E-state index in [2.05, 4.69) is 10.2 Å². The average molecular weight is 398 g/mol. The van der Waals surface area contributed by atoms with Gasteiger partial charge in [0.15, 0.2) is 0 Å². The van der Waals surface area contributed by atoms with Crippen LogP contribution in [0.1, 0.15) is 57.3 Å². The van der Waals surface area contributed by atoms with Gasteiger partial charge in [-0.05, 0) is 57.3 Å². The van der Waals surface area contributed by atoms with E-state index in [1.165, 1.54) is 4.31 Å². The fraction of sp³-hybridized carbons (Fsp3) is 0.737. The van der Waals surface area contributed by atoms with Gasteiger partial charge in [-0.2, -0.15) is 4.31 Å². The minimum Gasteiger partial charge on any atom is -0.468 e. The number of hydrogen-bond donors (Lipinski definition) is 1. The lowest BCUT2D eigenvalue weighted by Gasteiger charge is -2.34. The molecule has 0 saturated carbocycles. The molecule has 0 aromatic carbocycles. The fourth-order valence-electron chi connectivity index (χ4n) is 4.13. The lowest BCUT2D eigenvalue weighted by atomic mass is 10.0. The highest BCUT2D eigenvalue weighted by atomic mass is 32.2. The molecule has 0 aliphatic carbocycles. The summed E-state index contributed by atoms with van der Waals surface area (Å²) in [6.45, 7) is 4.70. The van der Waals surface area contributed by atoms with Crippen LogP contribution in [0.15, 0.2) is 22.8 Å². The highest BCUT2D eigenvalue weighted by molar-refractivity contribution is 7.89. The van der Waals surface area contributed by atoms with Crippen molar-refractivity contribution in [2.45, 2.75) is 57.5 Å². The Balaban J connectivity index is 1.67. The first kappa shape index (κ1) is 20.4. The Labute approximate surface area is 162 Å². The molecule has 2 unspecified atom stereocenters. The van der Waals surface area contributed by atoms with Crippen molar-refractivity contribution in [2.75, 3.05) is 31.9 Å². The molecule has 2 aliphatic heterocycles. The molecule has 1 N–H and O–H groups in total. The molecule has 3 rings (SSSR count).